The number of hydrogen-bond acceptors (Lipinski definition) is 3. The van der Waals surface area contributed by atoms with Gasteiger partial charge in [0.25, 0.3) is 0 Å². The molecule has 0 aliphatic rings. The molecular formula is C11H12O4. The molecule has 15 heavy (non-hydrogen) atoms. The monoisotopic (exact) mass is 208 g/mol. The Morgan fingerprint density at radius 2 is 2.07 bits per heavy atom. The van der Waals surface area contributed by atoms with Gasteiger partial charge in [0.1, 0.15) is 5.75 Å². The number of ether oxygens (including phenoxy) is 1. The standard InChI is InChI=1S/C11H12O4/c1-7(12)9-4-3-5-10(6-9)15-8(2)11(13)14/h3-6,8H,1-2H3,(H,13,14)/t8-/m0/s1. The van der Waals surface area contributed by atoms with E-state index in [0.717, 1.165) is 0 Å². The van der Waals surface area contributed by atoms with Crippen molar-refractivity contribution in [2.75, 3.05) is 0 Å². The van der Waals surface area contributed by atoms with Gasteiger partial charge in [-0.2, -0.15) is 0 Å². The minimum absolute atomic E-state index is 0.0802. The van der Waals surface area contributed by atoms with E-state index in [0.29, 0.717) is 11.3 Å². The summed E-state index contributed by atoms with van der Waals surface area (Å²) in [6, 6.07) is 6.45. The number of carbonyl (C=O) groups is 2. The maximum atomic E-state index is 11.0. The largest absolute Gasteiger partial charge is 0.479 e. The molecule has 0 bridgehead atoms. The van der Waals surface area contributed by atoms with Crippen LogP contribution >= 0.6 is 0 Å². The second-order valence-electron chi connectivity index (χ2n) is 3.18. The zero-order valence-corrected chi connectivity index (χ0v) is 8.56. The van der Waals surface area contributed by atoms with Gasteiger partial charge in [-0.25, -0.2) is 4.79 Å². The first-order chi connectivity index (χ1) is 7.00. The lowest BCUT2D eigenvalue weighted by Crippen LogP contribution is -2.22. The third kappa shape index (κ3) is 3.09. The molecule has 0 unspecified atom stereocenters. The highest BCUT2D eigenvalue weighted by Crippen LogP contribution is 2.15. The Hall–Kier alpha value is -1.84. The number of Topliss-reactive ketones (excluding diaryl/α,β-unsaturated/α-hetero) is 1. The molecule has 80 valence electrons. The van der Waals surface area contributed by atoms with E-state index in [4.69, 9.17) is 9.84 Å². The average molecular weight is 208 g/mol. The topological polar surface area (TPSA) is 63.6 Å². The number of hydrogen-bond donors (Lipinski definition) is 1. The van der Waals surface area contributed by atoms with Gasteiger partial charge in [0.05, 0.1) is 0 Å². The van der Waals surface area contributed by atoms with Crippen molar-refractivity contribution in [2.24, 2.45) is 0 Å². The molecule has 0 heterocycles. The summed E-state index contributed by atoms with van der Waals surface area (Å²) < 4.78 is 5.11. The van der Waals surface area contributed by atoms with Crippen LogP contribution in [0.25, 0.3) is 0 Å². The van der Waals surface area contributed by atoms with Crippen LogP contribution in [0.15, 0.2) is 24.3 Å². The van der Waals surface area contributed by atoms with Gasteiger partial charge in [0.15, 0.2) is 11.9 Å². The first kappa shape index (κ1) is 11.2. The summed E-state index contributed by atoms with van der Waals surface area (Å²) in [6.45, 7) is 2.88. The Labute approximate surface area is 87.5 Å². The Morgan fingerprint density at radius 1 is 1.40 bits per heavy atom. The molecule has 0 aliphatic heterocycles. The highest BCUT2D eigenvalue weighted by molar-refractivity contribution is 5.94. The van der Waals surface area contributed by atoms with Crippen molar-refractivity contribution >= 4 is 11.8 Å². The molecule has 1 aromatic carbocycles. The normalized spacial score (nSPS) is 11.9. The molecule has 1 aromatic rings. The number of aliphatic carboxylic acids is 1. The zero-order chi connectivity index (χ0) is 11.4. The fourth-order valence-electron chi connectivity index (χ4n) is 1.04. The summed E-state index contributed by atoms with van der Waals surface area (Å²) in [5.74, 6) is -0.732. The number of rotatable bonds is 4. The summed E-state index contributed by atoms with van der Waals surface area (Å²) in [6.07, 6.45) is -0.924. The van der Waals surface area contributed by atoms with Gasteiger partial charge < -0.3 is 9.84 Å². The van der Waals surface area contributed by atoms with E-state index in [1.54, 1.807) is 18.2 Å². The van der Waals surface area contributed by atoms with Crippen LogP contribution in [0.3, 0.4) is 0 Å². The fraction of sp³-hybridized carbons (Fsp3) is 0.273. The lowest BCUT2D eigenvalue weighted by molar-refractivity contribution is -0.144. The molecular weight excluding hydrogens is 196 g/mol. The molecule has 0 aromatic heterocycles. The van der Waals surface area contributed by atoms with Crippen LogP contribution in [-0.4, -0.2) is 23.0 Å². The van der Waals surface area contributed by atoms with Gasteiger partial charge in [0.2, 0.25) is 0 Å². The lowest BCUT2D eigenvalue weighted by atomic mass is 10.1. The van der Waals surface area contributed by atoms with Crippen LogP contribution in [0.4, 0.5) is 0 Å². The van der Waals surface area contributed by atoms with Crippen LogP contribution in [0.5, 0.6) is 5.75 Å². The molecule has 0 saturated carbocycles. The van der Waals surface area contributed by atoms with Gasteiger partial charge in [-0.1, -0.05) is 12.1 Å². The van der Waals surface area contributed by atoms with Crippen molar-refractivity contribution in [2.45, 2.75) is 20.0 Å². The Balaban J connectivity index is 2.82. The molecule has 0 radical (unpaired) electrons. The first-order valence-corrected chi connectivity index (χ1v) is 4.51. The molecule has 1 rings (SSSR count). The van der Waals surface area contributed by atoms with Gasteiger partial charge in [-0.3, -0.25) is 4.79 Å². The first-order valence-electron chi connectivity index (χ1n) is 4.51. The smallest absolute Gasteiger partial charge is 0.344 e. The Morgan fingerprint density at radius 3 is 2.60 bits per heavy atom. The van der Waals surface area contributed by atoms with Crippen molar-refractivity contribution in [3.8, 4) is 5.75 Å². The highest BCUT2D eigenvalue weighted by Gasteiger charge is 2.12. The van der Waals surface area contributed by atoms with Crippen LogP contribution < -0.4 is 4.74 Å². The van der Waals surface area contributed by atoms with E-state index in [2.05, 4.69) is 0 Å². The predicted molar refractivity (Wildman–Crippen MR) is 54.2 cm³/mol. The van der Waals surface area contributed by atoms with Gasteiger partial charge in [0, 0.05) is 5.56 Å². The molecule has 4 nitrogen and oxygen atoms in total. The average Bonchev–Trinajstić information content (AvgIpc) is 2.18. The van der Waals surface area contributed by atoms with Crippen molar-refractivity contribution < 1.29 is 19.4 Å². The maximum Gasteiger partial charge on any atom is 0.344 e. The summed E-state index contributed by atoms with van der Waals surface area (Å²) in [5.41, 5.74) is 0.505. The minimum atomic E-state index is -1.04. The van der Waals surface area contributed by atoms with Crippen molar-refractivity contribution in [1.29, 1.82) is 0 Å². The summed E-state index contributed by atoms with van der Waals surface area (Å²) in [5, 5.41) is 8.63. The van der Waals surface area contributed by atoms with E-state index in [1.165, 1.54) is 19.9 Å². The number of benzene rings is 1. The van der Waals surface area contributed by atoms with Crippen LogP contribution in [0.1, 0.15) is 24.2 Å². The maximum absolute atomic E-state index is 11.0. The SMILES string of the molecule is CC(=O)c1cccc(O[C@@H](C)C(=O)O)c1. The van der Waals surface area contributed by atoms with E-state index < -0.39 is 12.1 Å². The second kappa shape index (κ2) is 4.59. The molecule has 0 fully saturated rings. The molecule has 0 saturated heterocycles. The summed E-state index contributed by atoms with van der Waals surface area (Å²) in [4.78, 5) is 21.6. The number of carboxylic acid groups (broad SMARTS) is 1. The number of carbonyl (C=O) groups excluding carboxylic acids is 1. The van der Waals surface area contributed by atoms with E-state index in [1.807, 2.05) is 0 Å². The molecule has 1 N–H and O–H groups in total. The van der Waals surface area contributed by atoms with Crippen LogP contribution in [-0.2, 0) is 4.79 Å². The Kier molecular flexibility index (Phi) is 3.44. The summed E-state index contributed by atoms with van der Waals surface area (Å²) >= 11 is 0. The van der Waals surface area contributed by atoms with Crippen LogP contribution in [0, 0.1) is 0 Å². The third-order valence-corrected chi connectivity index (χ3v) is 1.90. The number of carboxylic acids is 1. The second-order valence-corrected chi connectivity index (χ2v) is 3.18. The zero-order valence-electron chi connectivity index (χ0n) is 8.56. The van der Waals surface area contributed by atoms with Crippen molar-refractivity contribution in [3.05, 3.63) is 29.8 Å². The minimum Gasteiger partial charge on any atom is -0.479 e. The lowest BCUT2D eigenvalue weighted by Gasteiger charge is -2.10. The quantitative estimate of drug-likeness (QED) is 0.765. The highest BCUT2D eigenvalue weighted by atomic mass is 16.5. The van der Waals surface area contributed by atoms with Gasteiger partial charge in [-0.05, 0) is 26.0 Å². The van der Waals surface area contributed by atoms with Crippen LogP contribution in [0.2, 0.25) is 0 Å². The van der Waals surface area contributed by atoms with Gasteiger partial charge in [-0.15, -0.1) is 0 Å². The van der Waals surface area contributed by atoms with E-state index in [9.17, 15) is 9.59 Å². The van der Waals surface area contributed by atoms with E-state index >= 15 is 0 Å². The van der Waals surface area contributed by atoms with E-state index in [-0.39, 0.29) is 5.78 Å². The van der Waals surface area contributed by atoms with Crippen molar-refractivity contribution in [1.82, 2.24) is 0 Å². The number of ketones is 1. The van der Waals surface area contributed by atoms with Crippen molar-refractivity contribution in [3.63, 3.8) is 0 Å². The summed E-state index contributed by atoms with van der Waals surface area (Å²) in [7, 11) is 0. The molecule has 4 heteroatoms. The molecule has 0 spiro atoms. The molecule has 0 aliphatic carbocycles. The predicted octanol–water partition coefficient (Wildman–Crippen LogP) is 1.74. The fourth-order valence-corrected chi connectivity index (χ4v) is 1.04. The Bertz CT molecular complexity index is 384. The molecule has 0 amide bonds. The van der Waals surface area contributed by atoms with Gasteiger partial charge >= 0.3 is 5.97 Å². The molecule has 1 atom stereocenters. The third-order valence-electron chi connectivity index (χ3n) is 1.90.